The van der Waals surface area contributed by atoms with Crippen LogP contribution in [0.15, 0.2) is 94.8 Å². The van der Waals surface area contributed by atoms with E-state index < -0.39 is 29.8 Å². The Morgan fingerprint density at radius 2 is 1.63 bits per heavy atom. The van der Waals surface area contributed by atoms with Gasteiger partial charge in [-0.2, -0.15) is 13.2 Å². The van der Waals surface area contributed by atoms with Gasteiger partial charge in [0.1, 0.15) is 11.8 Å². The average Bonchev–Trinajstić information content (AvgIpc) is 3.59. The second-order valence-corrected chi connectivity index (χ2v) is 15.3. The number of hydrogen-bond acceptors (Lipinski definition) is 13. The van der Waals surface area contributed by atoms with E-state index in [2.05, 4.69) is 37.4 Å². The Morgan fingerprint density at radius 3 is 2.30 bits per heavy atom. The number of carbonyl (C=O) groups excluding carboxylic acids is 2. The normalized spacial score (nSPS) is 15.9. The zero-order chi connectivity index (χ0) is 48.3. The number of halogens is 3. The number of aliphatic hydroxyl groups excluding tert-OH is 3. The SMILES string of the molecule is CCN(CC)C1=CC(c2cc([C@H](O)NCC3=CCC#CC(C(F)(F)F)=C3)ccn2)C(=NC(=O)c2cccc(CCCOCCOCCOCCOCCNCC(=O)N(CCO)CCO)c2)C=C1. The van der Waals surface area contributed by atoms with Crippen LogP contribution in [-0.4, -0.2) is 166 Å². The summed E-state index contributed by atoms with van der Waals surface area (Å²) in [5.41, 5.74) is 3.19. The summed E-state index contributed by atoms with van der Waals surface area (Å²) in [6.07, 6.45) is 5.64. The second kappa shape index (κ2) is 30.3. The van der Waals surface area contributed by atoms with Gasteiger partial charge in [-0.1, -0.05) is 30.0 Å². The van der Waals surface area contributed by atoms with Crippen molar-refractivity contribution in [1.82, 2.24) is 25.4 Å². The minimum atomic E-state index is -4.57. The summed E-state index contributed by atoms with van der Waals surface area (Å²) >= 11 is 0. The zero-order valence-electron chi connectivity index (χ0n) is 38.4. The molecule has 2 aromatic rings. The number of aromatic nitrogens is 1. The van der Waals surface area contributed by atoms with Gasteiger partial charge in [0.2, 0.25) is 5.91 Å². The molecular weight excluding hydrogens is 874 g/mol. The van der Waals surface area contributed by atoms with Crippen molar-refractivity contribution in [2.24, 2.45) is 4.99 Å². The average molecular weight is 939 g/mol. The van der Waals surface area contributed by atoms with Crippen molar-refractivity contribution in [3.05, 3.63) is 112 Å². The molecule has 1 unspecified atom stereocenters. The first-order valence-corrected chi connectivity index (χ1v) is 22.7. The van der Waals surface area contributed by atoms with Gasteiger partial charge in [0.25, 0.3) is 5.91 Å². The summed E-state index contributed by atoms with van der Waals surface area (Å²) in [5.74, 6) is 3.51. The van der Waals surface area contributed by atoms with Crippen LogP contribution in [0.1, 0.15) is 66.0 Å². The molecule has 0 saturated carbocycles. The minimum absolute atomic E-state index is 0.0330. The van der Waals surface area contributed by atoms with Crippen molar-refractivity contribution in [2.45, 2.75) is 51.4 Å². The molecule has 18 heteroatoms. The molecule has 1 heterocycles. The highest BCUT2D eigenvalue weighted by molar-refractivity contribution is 6.11. The Kier molecular flexibility index (Phi) is 24.7. The third kappa shape index (κ3) is 19.6. The van der Waals surface area contributed by atoms with E-state index in [0.29, 0.717) is 93.9 Å². The second-order valence-electron chi connectivity index (χ2n) is 15.3. The topological polar surface area (TPSA) is 188 Å². The number of carbonyl (C=O) groups is 2. The van der Waals surface area contributed by atoms with Crippen molar-refractivity contribution in [3.8, 4) is 11.8 Å². The maximum atomic E-state index is 13.7. The van der Waals surface area contributed by atoms with E-state index in [1.165, 1.54) is 4.90 Å². The van der Waals surface area contributed by atoms with Crippen LogP contribution in [0.5, 0.6) is 0 Å². The number of hydrogen-bond donors (Lipinski definition) is 5. The Hall–Kier alpha value is -5.07. The number of pyridine rings is 1. The van der Waals surface area contributed by atoms with Crippen molar-refractivity contribution in [1.29, 1.82) is 0 Å². The molecule has 1 aromatic heterocycles. The number of likely N-dealkylation sites (N-methyl/N-ethyl adjacent to an activating group) is 1. The van der Waals surface area contributed by atoms with Crippen molar-refractivity contribution >= 4 is 17.5 Å². The van der Waals surface area contributed by atoms with Gasteiger partial charge in [0.15, 0.2) is 0 Å². The number of benzene rings is 1. The maximum absolute atomic E-state index is 13.7. The lowest BCUT2D eigenvalue weighted by Gasteiger charge is -2.27. The molecule has 1 aromatic carbocycles. The number of nitrogens with zero attached hydrogens (tertiary/aromatic N) is 4. The lowest BCUT2D eigenvalue weighted by atomic mass is 9.91. The number of amides is 2. The third-order valence-corrected chi connectivity index (χ3v) is 10.5. The van der Waals surface area contributed by atoms with E-state index in [-0.39, 0.29) is 51.7 Å². The third-order valence-electron chi connectivity index (χ3n) is 10.5. The Labute approximate surface area is 391 Å². The summed E-state index contributed by atoms with van der Waals surface area (Å²) < 4.78 is 62.5. The Morgan fingerprint density at radius 1 is 0.940 bits per heavy atom. The number of aliphatic imine (C=N–C) groups is 1. The van der Waals surface area contributed by atoms with E-state index in [0.717, 1.165) is 36.8 Å². The summed E-state index contributed by atoms with van der Waals surface area (Å²) in [4.78, 5) is 38.5. The summed E-state index contributed by atoms with van der Waals surface area (Å²) in [7, 11) is 0. The standard InChI is InChI=1S/C49H65F3N6O9/c1-3-57(4-2)42-14-15-44(43(34-42)45-33-40(16-17-54-45)47(62)55-35-38-9-5-6-13-41(32-38)49(50,51)52)56-48(63)39-12-7-10-37(31-39)11-8-23-64-25-27-66-29-30-67-28-26-65-24-18-53-36-46(61)58(19-21-59)20-22-60/h7,9-10,12,14-17,31-34,43,47,53,55,59-60,62H,3-5,8,11,18-30,35-36H2,1-2H3/t43?,47-/m0/s1. The van der Waals surface area contributed by atoms with Gasteiger partial charge < -0.3 is 49.4 Å². The molecule has 0 spiro atoms. The Bertz CT molecular complexity index is 2070. The number of alkyl halides is 3. The van der Waals surface area contributed by atoms with Crippen LogP contribution >= 0.6 is 0 Å². The zero-order valence-corrected chi connectivity index (χ0v) is 38.4. The first kappa shape index (κ1) is 54.5. The predicted molar refractivity (Wildman–Crippen MR) is 248 cm³/mol. The lowest BCUT2D eigenvalue weighted by molar-refractivity contribution is -0.131. The van der Waals surface area contributed by atoms with Crippen LogP contribution in [0.4, 0.5) is 13.2 Å². The van der Waals surface area contributed by atoms with Gasteiger partial charge >= 0.3 is 6.18 Å². The van der Waals surface area contributed by atoms with Crippen molar-refractivity contribution in [2.75, 3.05) is 112 Å². The molecule has 15 nitrogen and oxygen atoms in total. The van der Waals surface area contributed by atoms with Crippen molar-refractivity contribution in [3.63, 3.8) is 0 Å². The van der Waals surface area contributed by atoms with E-state index in [1.54, 1.807) is 30.5 Å². The molecule has 4 rings (SSSR count). The van der Waals surface area contributed by atoms with Gasteiger partial charge in [-0.05, 0) is 92.0 Å². The highest BCUT2D eigenvalue weighted by Crippen LogP contribution is 2.29. The maximum Gasteiger partial charge on any atom is 0.424 e. The molecular formula is C49H65F3N6O9. The molecule has 67 heavy (non-hydrogen) atoms. The number of allylic oxidation sites excluding steroid dienone is 5. The molecule has 0 aliphatic heterocycles. The van der Waals surface area contributed by atoms with Crippen LogP contribution < -0.4 is 10.6 Å². The Balaban J connectivity index is 1.19. The molecule has 5 N–H and O–H groups in total. The fraction of sp³-hybridized carbons (Fsp3) is 0.510. The van der Waals surface area contributed by atoms with Gasteiger partial charge in [-0.3, -0.25) is 19.9 Å². The molecule has 2 amide bonds. The van der Waals surface area contributed by atoms with Crippen LogP contribution in [0.3, 0.4) is 0 Å². The molecule has 0 saturated heterocycles. The first-order valence-electron chi connectivity index (χ1n) is 22.7. The summed E-state index contributed by atoms with van der Waals surface area (Å²) in [6, 6.07) is 10.7. The van der Waals surface area contributed by atoms with Gasteiger partial charge in [0.05, 0.1) is 83.3 Å². The van der Waals surface area contributed by atoms with E-state index in [4.69, 9.17) is 29.2 Å². The molecule has 2 aliphatic carbocycles. The molecule has 0 radical (unpaired) electrons. The molecule has 2 atom stereocenters. The number of aryl methyl sites for hydroxylation is 1. The van der Waals surface area contributed by atoms with Crippen LogP contribution in [0.2, 0.25) is 0 Å². The molecule has 0 bridgehead atoms. The molecule has 366 valence electrons. The fourth-order valence-electron chi connectivity index (χ4n) is 6.99. The highest BCUT2D eigenvalue weighted by atomic mass is 19.4. The van der Waals surface area contributed by atoms with Crippen LogP contribution in [0.25, 0.3) is 0 Å². The molecule has 2 aliphatic rings. The predicted octanol–water partition coefficient (Wildman–Crippen LogP) is 4.05. The van der Waals surface area contributed by atoms with E-state index in [1.807, 2.05) is 50.3 Å². The van der Waals surface area contributed by atoms with Crippen molar-refractivity contribution < 1.29 is 57.0 Å². The number of rotatable bonds is 31. The first-order chi connectivity index (χ1) is 32.5. The van der Waals surface area contributed by atoms with Gasteiger partial charge in [-0.25, -0.2) is 4.99 Å². The number of aliphatic hydroxyl groups is 3. The molecule has 0 fully saturated rings. The smallest absolute Gasteiger partial charge is 0.395 e. The lowest BCUT2D eigenvalue weighted by Crippen LogP contribution is -2.41. The number of nitrogens with one attached hydrogen (secondary N) is 2. The highest BCUT2D eigenvalue weighted by Gasteiger charge is 2.33. The quantitative estimate of drug-likeness (QED) is 0.0415. The van der Waals surface area contributed by atoms with Crippen LogP contribution in [0, 0.1) is 11.8 Å². The summed E-state index contributed by atoms with van der Waals surface area (Å²) in [5, 5.41) is 35.0. The minimum Gasteiger partial charge on any atom is -0.395 e. The number of ether oxygens (including phenoxy) is 4. The van der Waals surface area contributed by atoms with Gasteiger partial charge in [0, 0.05) is 69.8 Å². The monoisotopic (exact) mass is 938 g/mol. The fourth-order valence-corrected chi connectivity index (χ4v) is 6.99. The van der Waals surface area contributed by atoms with Crippen LogP contribution in [-0.2, 0) is 30.2 Å². The van der Waals surface area contributed by atoms with E-state index >= 15 is 0 Å². The van der Waals surface area contributed by atoms with E-state index in [9.17, 15) is 27.9 Å². The summed E-state index contributed by atoms with van der Waals surface area (Å²) in [6.45, 7) is 9.59. The van der Waals surface area contributed by atoms with Gasteiger partial charge in [-0.15, -0.1) is 0 Å². The largest absolute Gasteiger partial charge is 0.424 e.